The molecule has 0 aliphatic carbocycles. The van der Waals surface area contributed by atoms with Gasteiger partial charge in [0.1, 0.15) is 0 Å². The number of benzene rings is 1. The number of thioether (sulfide) groups is 1. The second-order valence-corrected chi connectivity index (χ2v) is 5.69. The lowest BCUT2D eigenvalue weighted by atomic mass is 10.0. The van der Waals surface area contributed by atoms with Gasteiger partial charge in [-0.05, 0) is 24.2 Å². The summed E-state index contributed by atoms with van der Waals surface area (Å²) in [6, 6.07) is 7.72. The van der Waals surface area contributed by atoms with E-state index in [4.69, 9.17) is 0 Å². The Morgan fingerprint density at radius 2 is 2.44 bits per heavy atom. The van der Waals surface area contributed by atoms with Crippen LogP contribution < -0.4 is 5.32 Å². The first kappa shape index (κ1) is 13.4. The van der Waals surface area contributed by atoms with Crippen molar-refractivity contribution in [1.82, 2.24) is 5.32 Å². The maximum atomic E-state index is 10.8. The van der Waals surface area contributed by atoms with E-state index < -0.39 is 0 Å². The van der Waals surface area contributed by atoms with E-state index in [-0.39, 0.29) is 16.7 Å². The van der Waals surface area contributed by atoms with Crippen molar-refractivity contribution in [3.8, 4) is 0 Å². The zero-order chi connectivity index (χ0) is 13.0. The van der Waals surface area contributed by atoms with Gasteiger partial charge < -0.3 is 5.32 Å². The molecule has 98 valence electrons. The first-order valence-electron chi connectivity index (χ1n) is 6.29. The summed E-state index contributed by atoms with van der Waals surface area (Å²) in [7, 11) is 0. The van der Waals surface area contributed by atoms with Crippen LogP contribution in [0.1, 0.15) is 31.4 Å². The van der Waals surface area contributed by atoms with Crippen LogP contribution in [0.4, 0.5) is 5.69 Å². The van der Waals surface area contributed by atoms with E-state index in [9.17, 15) is 10.1 Å². The predicted molar refractivity (Wildman–Crippen MR) is 75.0 cm³/mol. The SMILES string of the molecule is CCC(NC1CCSC1)c1cccc([N+](=O)[O-])c1. The second-order valence-electron chi connectivity index (χ2n) is 4.54. The lowest BCUT2D eigenvalue weighted by Crippen LogP contribution is -2.32. The van der Waals surface area contributed by atoms with Crippen molar-refractivity contribution in [1.29, 1.82) is 0 Å². The van der Waals surface area contributed by atoms with E-state index in [1.165, 1.54) is 12.2 Å². The maximum Gasteiger partial charge on any atom is 0.269 e. The zero-order valence-electron chi connectivity index (χ0n) is 10.5. The zero-order valence-corrected chi connectivity index (χ0v) is 11.3. The van der Waals surface area contributed by atoms with Gasteiger partial charge in [0, 0.05) is 30.0 Å². The van der Waals surface area contributed by atoms with Gasteiger partial charge in [0.2, 0.25) is 0 Å². The summed E-state index contributed by atoms with van der Waals surface area (Å²) in [4.78, 5) is 10.5. The number of nitrogens with one attached hydrogen (secondary N) is 1. The Morgan fingerprint density at radius 3 is 3.06 bits per heavy atom. The maximum absolute atomic E-state index is 10.8. The summed E-state index contributed by atoms with van der Waals surface area (Å²) in [5.74, 6) is 2.36. The Labute approximate surface area is 111 Å². The molecule has 0 amide bonds. The van der Waals surface area contributed by atoms with E-state index in [1.807, 2.05) is 17.8 Å². The first-order valence-corrected chi connectivity index (χ1v) is 7.44. The highest BCUT2D eigenvalue weighted by Gasteiger charge is 2.20. The fourth-order valence-corrected chi connectivity index (χ4v) is 3.42. The van der Waals surface area contributed by atoms with Gasteiger partial charge in [-0.15, -0.1) is 0 Å². The number of hydrogen-bond donors (Lipinski definition) is 1. The van der Waals surface area contributed by atoms with Gasteiger partial charge in [0.25, 0.3) is 5.69 Å². The number of nitro benzene ring substituents is 1. The van der Waals surface area contributed by atoms with Crippen LogP contribution in [-0.2, 0) is 0 Å². The molecule has 1 aliphatic heterocycles. The molecule has 0 aromatic heterocycles. The van der Waals surface area contributed by atoms with Crippen LogP contribution in [0.25, 0.3) is 0 Å². The summed E-state index contributed by atoms with van der Waals surface area (Å²) in [5, 5.41) is 14.4. The average molecular weight is 266 g/mol. The van der Waals surface area contributed by atoms with E-state index in [0.717, 1.165) is 17.7 Å². The predicted octanol–water partition coefficient (Wildman–Crippen LogP) is 3.14. The summed E-state index contributed by atoms with van der Waals surface area (Å²) in [6.07, 6.45) is 2.14. The highest BCUT2D eigenvalue weighted by Crippen LogP contribution is 2.25. The van der Waals surface area contributed by atoms with Crippen molar-refractivity contribution in [2.75, 3.05) is 11.5 Å². The fraction of sp³-hybridized carbons (Fsp3) is 0.538. The van der Waals surface area contributed by atoms with Gasteiger partial charge >= 0.3 is 0 Å². The topological polar surface area (TPSA) is 55.2 Å². The van der Waals surface area contributed by atoms with Crippen molar-refractivity contribution >= 4 is 17.4 Å². The molecule has 0 saturated carbocycles. The minimum atomic E-state index is -0.332. The summed E-state index contributed by atoms with van der Waals surface area (Å²) in [5.41, 5.74) is 1.19. The van der Waals surface area contributed by atoms with Gasteiger partial charge in [-0.3, -0.25) is 10.1 Å². The fourth-order valence-electron chi connectivity index (χ4n) is 2.26. The van der Waals surface area contributed by atoms with Gasteiger partial charge in [-0.2, -0.15) is 11.8 Å². The summed E-state index contributed by atoms with van der Waals surface area (Å²) >= 11 is 1.97. The quantitative estimate of drug-likeness (QED) is 0.657. The molecule has 1 saturated heterocycles. The van der Waals surface area contributed by atoms with Crippen molar-refractivity contribution in [3.63, 3.8) is 0 Å². The van der Waals surface area contributed by atoms with Gasteiger partial charge in [-0.1, -0.05) is 19.1 Å². The van der Waals surface area contributed by atoms with Crippen LogP contribution in [0.5, 0.6) is 0 Å². The number of nitrogens with zero attached hydrogens (tertiary/aromatic N) is 1. The molecule has 2 atom stereocenters. The molecular formula is C13H18N2O2S. The smallest absolute Gasteiger partial charge is 0.269 e. The van der Waals surface area contributed by atoms with E-state index in [1.54, 1.807) is 18.2 Å². The molecule has 2 rings (SSSR count). The summed E-state index contributed by atoms with van der Waals surface area (Å²) in [6.45, 7) is 2.11. The molecule has 1 fully saturated rings. The average Bonchev–Trinajstić information content (AvgIpc) is 2.89. The minimum absolute atomic E-state index is 0.175. The third-order valence-corrected chi connectivity index (χ3v) is 4.42. The van der Waals surface area contributed by atoms with Crippen LogP contribution in [-0.4, -0.2) is 22.5 Å². The highest BCUT2D eigenvalue weighted by molar-refractivity contribution is 7.99. The molecule has 0 bridgehead atoms. The Kier molecular flexibility index (Phi) is 4.60. The molecule has 1 aromatic rings. The number of nitro groups is 1. The molecule has 4 nitrogen and oxygen atoms in total. The Morgan fingerprint density at radius 1 is 1.61 bits per heavy atom. The van der Waals surface area contributed by atoms with E-state index in [0.29, 0.717) is 6.04 Å². The van der Waals surface area contributed by atoms with Crippen molar-refractivity contribution < 1.29 is 4.92 Å². The van der Waals surface area contributed by atoms with Gasteiger partial charge in [-0.25, -0.2) is 0 Å². The molecule has 1 aliphatic rings. The van der Waals surface area contributed by atoms with Crippen LogP contribution in [0.15, 0.2) is 24.3 Å². The number of non-ortho nitro benzene ring substituents is 1. The number of hydrogen-bond acceptors (Lipinski definition) is 4. The lowest BCUT2D eigenvalue weighted by Gasteiger charge is -2.21. The lowest BCUT2D eigenvalue weighted by molar-refractivity contribution is -0.384. The molecule has 1 aromatic carbocycles. The van der Waals surface area contributed by atoms with Crippen molar-refractivity contribution in [3.05, 3.63) is 39.9 Å². The molecule has 1 heterocycles. The Balaban J connectivity index is 2.10. The van der Waals surface area contributed by atoms with E-state index >= 15 is 0 Å². The highest BCUT2D eigenvalue weighted by atomic mass is 32.2. The molecule has 18 heavy (non-hydrogen) atoms. The Hall–Kier alpha value is -1.07. The van der Waals surface area contributed by atoms with Crippen LogP contribution in [0.2, 0.25) is 0 Å². The molecule has 2 unspecified atom stereocenters. The molecular weight excluding hydrogens is 248 g/mol. The number of rotatable bonds is 5. The molecule has 5 heteroatoms. The molecule has 1 N–H and O–H groups in total. The normalized spacial score (nSPS) is 20.8. The third-order valence-electron chi connectivity index (χ3n) is 3.26. The second kappa shape index (κ2) is 6.20. The summed E-state index contributed by atoms with van der Waals surface area (Å²) < 4.78 is 0. The van der Waals surface area contributed by atoms with Crippen LogP contribution >= 0.6 is 11.8 Å². The Bertz CT molecular complexity index is 419. The van der Waals surface area contributed by atoms with Gasteiger partial charge in [0.15, 0.2) is 0 Å². The van der Waals surface area contributed by atoms with Crippen LogP contribution in [0, 0.1) is 10.1 Å². The molecule has 0 spiro atoms. The van der Waals surface area contributed by atoms with Crippen molar-refractivity contribution in [2.45, 2.75) is 31.8 Å². The first-order chi connectivity index (χ1) is 8.70. The monoisotopic (exact) mass is 266 g/mol. The van der Waals surface area contributed by atoms with Crippen LogP contribution in [0.3, 0.4) is 0 Å². The largest absolute Gasteiger partial charge is 0.306 e. The standard InChI is InChI=1S/C13H18N2O2S/c1-2-13(14-11-6-7-18-9-11)10-4-3-5-12(8-10)15(16)17/h3-5,8,11,13-14H,2,6-7,9H2,1H3. The van der Waals surface area contributed by atoms with Crippen molar-refractivity contribution in [2.24, 2.45) is 0 Å². The van der Waals surface area contributed by atoms with Gasteiger partial charge in [0.05, 0.1) is 4.92 Å². The van der Waals surface area contributed by atoms with E-state index in [2.05, 4.69) is 12.2 Å². The third kappa shape index (κ3) is 3.23. The molecule has 0 radical (unpaired) electrons. The minimum Gasteiger partial charge on any atom is -0.306 e.